The minimum Gasteiger partial charge on any atom is -0.387 e. The lowest BCUT2D eigenvalue weighted by Crippen LogP contribution is -2.32. The molecule has 0 aromatic heterocycles. The molecular formula is C10H17NO2. The van der Waals surface area contributed by atoms with Crippen molar-refractivity contribution in [2.24, 2.45) is 17.8 Å². The van der Waals surface area contributed by atoms with Crippen molar-refractivity contribution in [3.63, 3.8) is 0 Å². The number of aliphatic hydroxyl groups excluding tert-OH is 1. The summed E-state index contributed by atoms with van der Waals surface area (Å²) in [5.74, 6) is 2.17. The second-order valence-corrected chi connectivity index (χ2v) is 4.55. The van der Waals surface area contributed by atoms with Gasteiger partial charge in [0.1, 0.15) is 6.61 Å². The number of nitrogens with zero attached hydrogens (tertiary/aromatic N) is 1. The lowest BCUT2D eigenvalue weighted by Gasteiger charge is -2.16. The molecule has 1 heterocycles. The highest BCUT2D eigenvalue weighted by Gasteiger charge is 2.40. The topological polar surface area (TPSA) is 40.5 Å². The van der Waals surface area contributed by atoms with E-state index in [1.165, 1.54) is 12.8 Å². The molecule has 1 N–H and O–H groups in total. The van der Waals surface area contributed by atoms with Gasteiger partial charge in [0.15, 0.2) is 0 Å². The molecule has 1 saturated heterocycles. The Hall–Kier alpha value is -0.570. The fourth-order valence-corrected chi connectivity index (χ4v) is 2.91. The maximum atomic E-state index is 11.2. The Kier molecular flexibility index (Phi) is 2.28. The molecule has 13 heavy (non-hydrogen) atoms. The first-order valence-corrected chi connectivity index (χ1v) is 5.09. The lowest BCUT2D eigenvalue weighted by atomic mass is 10.0. The average molecular weight is 183 g/mol. The zero-order chi connectivity index (χ0) is 9.42. The largest absolute Gasteiger partial charge is 0.387 e. The Balaban J connectivity index is 1.93. The zero-order valence-corrected chi connectivity index (χ0v) is 8.07. The minimum absolute atomic E-state index is 0.0953. The van der Waals surface area contributed by atoms with Crippen molar-refractivity contribution in [3.05, 3.63) is 0 Å². The van der Waals surface area contributed by atoms with Crippen molar-refractivity contribution in [1.29, 1.82) is 0 Å². The van der Waals surface area contributed by atoms with Crippen LogP contribution in [0.5, 0.6) is 0 Å². The van der Waals surface area contributed by atoms with Gasteiger partial charge in [-0.1, -0.05) is 6.92 Å². The van der Waals surface area contributed by atoms with Crippen molar-refractivity contribution in [3.8, 4) is 0 Å². The molecule has 2 aliphatic rings. The van der Waals surface area contributed by atoms with E-state index >= 15 is 0 Å². The molecule has 0 bridgehead atoms. The maximum absolute atomic E-state index is 11.2. The number of hydrogen-bond acceptors (Lipinski definition) is 2. The normalized spacial score (nSPS) is 38.0. The molecular weight excluding hydrogens is 166 g/mol. The summed E-state index contributed by atoms with van der Waals surface area (Å²) in [6.45, 7) is 3.73. The van der Waals surface area contributed by atoms with Crippen molar-refractivity contribution >= 4 is 5.91 Å². The lowest BCUT2D eigenvalue weighted by molar-refractivity contribution is -0.133. The number of carbonyl (C=O) groups is 1. The van der Waals surface area contributed by atoms with Crippen molar-refractivity contribution < 1.29 is 9.90 Å². The van der Waals surface area contributed by atoms with E-state index < -0.39 is 0 Å². The smallest absolute Gasteiger partial charge is 0.248 e. The van der Waals surface area contributed by atoms with Crippen LogP contribution in [-0.2, 0) is 4.79 Å². The Labute approximate surface area is 78.7 Å². The van der Waals surface area contributed by atoms with E-state index in [4.69, 9.17) is 5.11 Å². The van der Waals surface area contributed by atoms with Gasteiger partial charge in [0.05, 0.1) is 0 Å². The first-order valence-electron chi connectivity index (χ1n) is 5.09. The molecule has 3 heteroatoms. The third-order valence-electron chi connectivity index (χ3n) is 3.47. The summed E-state index contributed by atoms with van der Waals surface area (Å²) in [5.41, 5.74) is 0. The van der Waals surface area contributed by atoms with Crippen LogP contribution < -0.4 is 0 Å². The van der Waals surface area contributed by atoms with Gasteiger partial charge >= 0.3 is 0 Å². The van der Waals surface area contributed by atoms with Crippen LogP contribution in [0.2, 0.25) is 0 Å². The molecule has 3 atom stereocenters. The summed E-state index contributed by atoms with van der Waals surface area (Å²) < 4.78 is 0. The molecule has 2 rings (SSSR count). The van der Waals surface area contributed by atoms with Crippen LogP contribution in [0.3, 0.4) is 0 Å². The summed E-state index contributed by atoms with van der Waals surface area (Å²) in [7, 11) is 0. The van der Waals surface area contributed by atoms with E-state index in [1.807, 2.05) is 4.90 Å². The van der Waals surface area contributed by atoms with Crippen molar-refractivity contribution in [1.82, 2.24) is 4.90 Å². The van der Waals surface area contributed by atoms with Gasteiger partial charge in [0.25, 0.3) is 0 Å². The third kappa shape index (κ3) is 1.57. The van der Waals surface area contributed by atoms with Crippen LogP contribution in [0.1, 0.15) is 19.8 Å². The van der Waals surface area contributed by atoms with Gasteiger partial charge in [-0.25, -0.2) is 0 Å². The van der Waals surface area contributed by atoms with Crippen LogP contribution in [-0.4, -0.2) is 35.6 Å². The molecule has 2 fully saturated rings. The summed E-state index contributed by atoms with van der Waals surface area (Å²) >= 11 is 0. The van der Waals surface area contributed by atoms with Crippen LogP contribution in [0.4, 0.5) is 0 Å². The molecule has 0 spiro atoms. The van der Waals surface area contributed by atoms with E-state index in [1.54, 1.807) is 0 Å². The second-order valence-electron chi connectivity index (χ2n) is 4.55. The van der Waals surface area contributed by atoms with Crippen LogP contribution >= 0.6 is 0 Å². The number of amides is 1. The molecule has 1 saturated carbocycles. The zero-order valence-electron chi connectivity index (χ0n) is 8.07. The van der Waals surface area contributed by atoms with Gasteiger partial charge < -0.3 is 10.0 Å². The number of hydrogen-bond donors (Lipinski definition) is 1. The van der Waals surface area contributed by atoms with E-state index in [-0.39, 0.29) is 12.5 Å². The summed E-state index contributed by atoms with van der Waals surface area (Å²) in [6.07, 6.45) is 2.53. The van der Waals surface area contributed by atoms with Gasteiger partial charge in [-0.3, -0.25) is 4.79 Å². The first-order chi connectivity index (χ1) is 6.20. The predicted molar refractivity (Wildman–Crippen MR) is 49.0 cm³/mol. The Morgan fingerprint density at radius 2 is 1.92 bits per heavy atom. The second kappa shape index (κ2) is 3.29. The highest BCUT2D eigenvalue weighted by Crippen LogP contribution is 2.40. The van der Waals surface area contributed by atoms with Gasteiger partial charge in [0.2, 0.25) is 5.91 Å². The van der Waals surface area contributed by atoms with Crippen LogP contribution in [0, 0.1) is 17.8 Å². The molecule has 74 valence electrons. The third-order valence-corrected chi connectivity index (χ3v) is 3.47. The van der Waals surface area contributed by atoms with Gasteiger partial charge in [0, 0.05) is 13.1 Å². The highest BCUT2D eigenvalue weighted by atomic mass is 16.3. The fraction of sp³-hybridized carbons (Fsp3) is 0.900. The van der Waals surface area contributed by atoms with E-state index in [0.29, 0.717) is 11.8 Å². The van der Waals surface area contributed by atoms with E-state index in [9.17, 15) is 4.79 Å². The Bertz CT molecular complexity index is 203. The average Bonchev–Trinajstić information content (AvgIpc) is 2.59. The quantitative estimate of drug-likeness (QED) is 0.642. The van der Waals surface area contributed by atoms with Crippen LogP contribution in [0.15, 0.2) is 0 Å². The molecule has 0 aromatic carbocycles. The molecule has 1 unspecified atom stereocenters. The Morgan fingerprint density at radius 3 is 2.38 bits per heavy atom. The predicted octanol–water partition coefficient (Wildman–Crippen LogP) is 0.483. The number of aliphatic hydroxyl groups is 1. The highest BCUT2D eigenvalue weighted by molar-refractivity contribution is 5.77. The standard InChI is InChI=1S/C10H17NO2/c1-7-2-8-4-11(10(13)6-12)5-9(8)3-7/h7-9,12H,2-6H2,1H3/t7?,8-,9+. The van der Waals surface area contributed by atoms with Crippen molar-refractivity contribution in [2.75, 3.05) is 19.7 Å². The number of rotatable bonds is 1. The Morgan fingerprint density at radius 1 is 1.38 bits per heavy atom. The summed E-state index contributed by atoms with van der Waals surface area (Å²) in [5, 5.41) is 8.72. The monoisotopic (exact) mass is 183 g/mol. The summed E-state index contributed by atoms with van der Waals surface area (Å²) in [4.78, 5) is 13.0. The first kappa shape index (κ1) is 9.00. The molecule has 0 aromatic rings. The van der Waals surface area contributed by atoms with Gasteiger partial charge in [-0.2, -0.15) is 0 Å². The van der Waals surface area contributed by atoms with Crippen molar-refractivity contribution in [2.45, 2.75) is 19.8 Å². The van der Waals surface area contributed by atoms with Gasteiger partial charge in [-0.15, -0.1) is 0 Å². The SMILES string of the molecule is CC1C[C@@H]2CN(C(=O)CO)C[C@@H]2C1. The van der Waals surface area contributed by atoms with Gasteiger partial charge in [-0.05, 0) is 30.6 Å². The molecule has 1 aliphatic carbocycles. The molecule has 0 radical (unpaired) electrons. The maximum Gasteiger partial charge on any atom is 0.248 e. The molecule has 1 aliphatic heterocycles. The molecule has 1 amide bonds. The number of likely N-dealkylation sites (tertiary alicyclic amines) is 1. The summed E-state index contributed by atoms with van der Waals surface area (Å²) in [6, 6.07) is 0. The minimum atomic E-state index is -0.324. The molecule has 3 nitrogen and oxygen atoms in total. The number of carbonyl (C=O) groups excluding carboxylic acids is 1. The number of fused-ring (bicyclic) bond motifs is 1. The fourth-order valence-electron chi connectivity index (χ4n) is 2.91. The van der Waals surface area contributed by atoms with E-state index in [0.717, 1.165) is 19.0 Å². The van der Waals surface area contributed by atoms with E-state index in [2.05, 4.69) is 6.92 Å². The van der Waals surface area contributed by atoms with Crippen LogP contribution in [0.25, 0.3) is 0 Å².